The molecule has 0 aliphatic heterocycles. The van der Waals surface area contributed by atoms with Gasteiger partial charge in [-0.2, -0.15) is 11.8 Å². The number of nitrogens with zero attached hydrogens (tertiary/aromatic N) is 1. The second-order valence-electron chi connectivity index (χ2n) is 4.36. The first-order chi connectivity index (χ1) is 7.65. The largest absolute Gasteiger partial charge is 0.313 e. The third kappa shape index (κ3) is 7.31. The minimum Gasteiger partial charge on any atom is -0.313 e. The lowest BCUT2D eigenvalue weighted by atomic mass is 10.2. The number of hydrogen-bond donors (Lipinski definition) is 1. The summed E-state index contributed by atoms with van der Waals surface area (Å²) < 4.78 is 0. The average Bonchev–Trinajstić information content (AvgIpc) is 2.26. The normalized spacial score (nSPS) is 13.1. The quantitative estimate of drug-likeness (QED) is 0.470. The summed E-state index contributed by atoms with van der Waals surface area (Å²) in [7, 11) is 2.20. The van der Waals surface area contributed by atoms with E-state index in [0.717, 1.165) is 19.6 Å². The van der Waals surface area contributed by atoms with E-state index in [-0.39, 0.29) is 0 Å². The molecule has 0 fully saturated rings. The zero-order chi connectivity index (χ0) is 12.4. The molecule has 0 saturated carbocycles. The molecule has 1 atom stereocenters. The first kappa shape index (κ1) is 16.0. The van der Waals surface area contributed by atoms with Crippen molar-refractivity contribution < 1.29 is 0 Å². The molecule has 16 heavy (non-hydrogen) atoms. The molecular formula is C13H28N2S. The van der Waals surface area contributed by atoms with Gasteiger partial charge in [0.1, 0.15) is 0 Å². The van der Waals surface area contributed by atoms with Gasteiger partial charge in [0, 0.05) is 24.9 Å². The molecule has 2 nitrogen and oxygen atoms in total. The van der Waals surface area contributed by atoms with E-state index in [0.29, 0.717) is 6.04 Å². The van der Waals surface area contributed by atoms with Crippen molar-refractivity contribution in [1.82, 2.24) is 10.2 Å². The molecule has 1 N–H and O–H groups in total. The van der Waals surface area contributed by atoms with E-state index in [1.165, 1.54) is 24.2 Å². The fourth-order valence-corrected chi connectivity index (χ4v) is 2.60. The summed E-state index contributed by atoms with van der Waals surface area (Å²) in [6.45, 7) is 11.6. The molecular weight excluding hydrogens is 216 g/mol. The van der Waals surface area contributed by atoms with Gasteiger partial charge < -0.3 is 5.32 Å². The maximum Gasteiger partial charge on any atom is 0.0203 e. The Morgan fingerprint density at radius 3 is 2.62 bits per heavy atom. The highest BCUT2D eigenvalue weighted by Gasteiger charge is 2.12. The maximum atomic E-state index is 4.13. The molecule has 0 aromatic heterocycles. The van der Waals surface area contributed by atoms with Crippen molar-refractivity contribution in [3.63, 3.8) is 0 Å². The summed E-state index contributed by atoms with van der Waals surface area (Å²) >= 11 is 1.92. The van der Waals surface area contributed by atoms with Crippen molar-refractivity contribution in [3.8, 4) is 0 Å². The summed E-state index contributed by atoms with van der Waals surface area (Å²) in [6, 6.07) is 0.679. The van der Waals surface area contributed by atoms with Crippen molar-refractivity contribution in [2.75, 3.05) is 38.7 Å². The maximum absolute atomic E-state index is 4.13. The van der Waals surface area contributed by atoms with Crippen LogP contribution >= 0.6 is 11.8 Å². The smallest absolute Gasteiger partial charge is 0.0203 e. The van der Waals surface area contributed by atoms with Crippen molar-refractivity contribution >= 4 is 11.8 Å². The standard InChI is InChI=1S/C13H28N2S/c1-6-8-14-9-12(3)10-15(4)13(7-2)11-16-5/h13-14H,3,6-11H2,1-2,4-5H3. The number of likely N-dealkylation sites (N-methyl/N-ethyl adjacent to an activating group) is 1. The molecule has 0 heterocycles. The lowest BCUT2D eigenvalue weighted by Crippen LogP contribution is -2.36. The van der Waals surface area contributed by atoms with Gasteiger partial charge in [0.15, 0.2) is 0 Å². The Kier molecular flexibility index (Phi) is 10.2. The second kappa shape index (κ2) is 10.2. The van der Waals surface area contributed by atoms with Gasteiger partial charge in [-0.25, -0.2) is 0 Å². The molecule has 3 heteroatoms. The van der Waals surface area contributed by atoms with E-state index in [4.69, 9.17) is 0 Å². The first-order valence-electron chi connectivity index (χ1n) is 6.22. The molecule has 0 bridgehead atoms. The Hall–Kier alpha value is 0.0100. The summed E-state index contributed by atoms with van der Waals surface area (Å²) in [5.41, 5.74) is 1.29. The Bertz CT molecular complexity index is 183. The minimum atomic E-state index is 0.679. The monoisotopic (exact) mass is 244 g/mol. The topological polar surface area (TPSA) is 15.3 Å². The van der Waals surface area contributed by atoms with Crippen LogP contribution in [0.3, 0.4) is 0 Å². The summed E-state index contributed by atoms with van der Waals surface area (Å²) in [5.74, 6) is 1.21. The van der Waals surface area contributed by atoms with Crippen LogP contribution in [0, 0.1) is 0 Å². The number of rotatable bonds is 10. The number of thioether (sulfide) groups is 1. The fraction of sp³-hybridized carbons (Fsp3) is 0.846. The number of nitrogens with one attached hydrogen (secondary N) is 1. The lowest BCUT2D eigenvalue weighted by molar-refractivity contribution is 0.275. The van der Waals surface area contributed by atoms with E-state index >= 15 is 0 Å². The predicted molar refractivity (Wildman–Crippen MR) is 77.4 cm³/mol. The van der Waals surface area contributed by atoms with Crippen LogP contribution in [0.15, 0.2) is 12.2 Å². The molecule has 0 aliphatic carbocycles. The molecule has 0 aromatic rings. The van der Waals surface area contributed by atoms with Gasteiger partial charge in [0.25, 0.3) is 0 Å². The Balaban J connectivity index is 3.82. The second-order valence-corrected chi connectivity index (χ2v) is 5.27. The highest BCUT2D eigenvalue weighted by atomic mass is 32.2. The summed E-state index contributed by atoms with van der Waals surface area (Å²) in [4.78, 5) is 2.42. The Morgan fingerprint density at radius 2 is 2.12 bits per heavy atom. The van der Waals surface area contributed by atoms with Gasteiger partial charge in [-0.1, -0.05) is 20.4 Å². The van der Waals surface area contributed by atoms with Crippen molar-refractivity contribution in [1.29, 1.82) is 0 Å². The molecule has 0 radical (unpaired) electrons. The van der Waals surface area contributed by atoms with Crippen LogP contribution in [0.2, 0.25) is 0 Å². The van der Waals surface area contributed by atoms with Crippen LogP contribution in [0.5, 0.6) is 0 Å². The van der Waals surface area contributed by atoms with Gasteiger partial charge in [0.2, 0.25) is 0 Å². The minimum absolute atomic E-state index is 0.679. The summed E-state index contributed by atoms with van der Waals surface area (Å²) in [6.07, 6.45) is 4.58. The van der Waals surface area contributed by atoms with Gasteiger partial charge in [-0.15, -0.1) is 0 Å². The molecule has 0 spiro atoms. The van der Waals surface area contributed by atoms with Gasteiger partial charge in [0.05, 0.1) is 0 Å². The molecule has 1 unspecified atom stereocenters. The SMILES string of the molecule is C=C(CNCCC)CN(C)C(CC)CSC. The highest BCUT2D eigenvalue weighted by molar-refractivity contribution is 7.98. The Morgan fingerprint density at radius 1 is 1.44 bits per heavy atom. The van der Waals surface area contributed by atoms with E-state index in [1.54, 1.807) is 0 Å². The Labute approximate surface area is 106 Å². The van der Waals surface area contributed by atoms with Crippen LogP contribution in [0.1, 0.15) is 26.7 Å². The fourth-order valence-electron chi connectivity index (χ4n) is 1.73. The third-order valence-electron chi connectivity index (χ3n) is 2.73. The van der Waals surface area contributed by atoms with Crippen LogP contribution < -0.4 is 5.32 Å². The molecule has 96 valence electrons. The van der Waals surface area contributed by atoms with Crippen LogP contribution in [0.4, 0.5) is 0 Å². The zero-order valence-electron chi connectivity index (χ0n) is 11.4. The number of hydrogen-bond acceptors (Lipinski definition) is 3. The zero-order valence-corrected chi connectivity index (χ0v) is 12.2. The van der Waals surface area contributed by atoms with E-state index in [2.05, 4.69) is 43.9 Å². The molecule has 0 aromatic carbocycles. The van der Waals surface area contributed by atoms with Crippen molar-refractivity contribution in [2.24, 2.45) is 0 Å². The van der Waals surface area contributed by atoms with Gasteiger partial charge in [-0.05, 0) is 38.3 Å². The highest BCUT2D eigenvalue weighted by Crippen LogP contribution is 2.09. The average molecular weight is 244 g/mol. The molecule has 0 rings (SSSR count). The van der Waals surface area contributed by atoms with Gasteiger partial charge in [-0.3, -0.25) is 4.90 Å². The molecule has 0 amide bonds. The predicted octanol–water partition coefficient (Wildman–Crippen LogP) is 2.62. The van der Waals surface area contributed by atoms with Crippen molar-refractivity contribution in [2.45, 2.75) is 32.7 Å². The van der Waals surface area contributed by atoms with Crippen LogP contribution in [0.25, 0.3) is 0 Å². The van der Waals surface area contributed by atoms with Crippen LogP contribution in [-0.4, -0.2) is 49.6 Å². The summed E-state index contributed by atoms with van der Waals surface area (Å²) in [5, 5.41) is 3.40. The third-order valence-corrected chi connectivity index (χ3v) is 3.45. The molecule has 0 aliphatic rings. The molecule has 0 saturated heterocycles. The van der Waals surface area contributed by atoms with E-state index < -0.39 is 0 Å². The van der Waals surface area contributed by atoms with Gasteiger partial charge >= 0.3 is 0 Å². The van der Waals surface area contributed by atoms with E-state index in [9.17, 15) is 0 Å². The van der Waals surface area contributed by atoms with Crippen LogP contribution in [-0.2, 0) is 0 Å². The first-order valence-corrected chi connectivity index (χ1v) is 7.61. The van der Waals surface area contributed by atoms with Crippen molar-refractivity contribution in [3.05, 3.63) is 12.2 Å². The van der Waals surface area contributed by atoms with E-state index in [1.807, 2.05) is 11.8 Å². The lowest BCUT2D eigenvalue weighted by Gasteiger charge is -2.27.